The summed E-state index contributed by atoms with van der Waals surface area (Å²) in [5.41, 5.74) is 5.87. The minimum atomic E-state index is -3.41. The first-order valence-corrected chi connectivity index (χ1v) is 17.1. The van der Waals surface area contributed by atoms with Gasteiger partial charge in [0.2, 0.25) is 11.8 Å². The Balaban J connectivity index is 1.26. The zero-order chi connectivity index (χ0) is 31.2. The van der Waals surface area contributed by atoms with Crippen LogP contribution >= 0.6 is 0 Å². The monoisotopic (exact) mass is 626 g/mol. The Morgan fingerprint density at radius 1 is 0.822 bits per heavy atom. The van der Waals surface area contributed by atoms with Crippen LogP contribution < -0.4 is 14.4 Å². The molecule has 3 aromatic carbocycles. The Hall–Kier alpha value is -4.41. The van der Waals surface area contributed by atoms with Gasteiger partial charge in [-0.3, -0.25) is 8.86 Å². The molecule has 0 aliphatic carbocycles. The van der Waals surface area contributed by atoms with E-state index in [-0.39, 0.29) is 6.61 Å². The summed E-state index contributed by atoms with van der Waals surface area (Å²) in [7, 11) is -1.44. The van der Waals surface area contributed by atoms with Crippen LogP contribution in [-0.4, -0.2) is 49.1 Å². The van der Waals surface area contributed by atoms with Gasteiger partial charge >= 0.3 is 0 Å². The van der Waals surface area contributed by atoms with E-state index in [1.165, 1.54) is 0 Å². The third kappa shape index (κ3) is 7.64. The molecule has 2 aromatic heterocycles. The van der Waals surface area contributed by atoms with Crippen LogP contribution in [-0.2, 0) is 34.6 Å². The van der Waals surface area contributed by atoms with E-state index in [1.54, 1.807) is 0 Å². The van der Waals surface area contributed by atoms with Crippen molar-refractivity contribution in [3.63, 3.8) is 0 Å². The highest BCUT2D eigenvalue weighted by Gasteiger charge is 2.24. The predicted octanol–water partition coefficient (Wildman–Crippen LogP) is 6.38. The normalized spacial score (nSPS) is 14.1. The van der Waals surface area contributed by atoms with Crippen molar-refractivity contribution in [2.75, 3.05) is 30.9 Å². The highest BCUT2D eigenvalue weighted by atomic mass is 32.2. The van der Waals surface area contributed by atoms with Gasteiger partial charge < -0.3 is 14.4 Å². The number of hydrogen-bond donors (Lipinski definition) is 0. The number of rotatable bonds is 12. The van der Waals surface area contributed by atoms with Crippen molar-refractivity contribution in [1.29, 1.82) is 0 Å². The zero-order valence-corrected chi connectivity index (χ0v) is 26.4. The molecule has 0 N–H and O–H groups in total. The van der Waals surface area contributed by atoms with Gasteiger partial charge in [-0.15, -0.1) is 0 Å². The lowest BCUT2D eigenvalue weighted by atomic mass is 9.93. The third-order valence-corrected chi connectivity index (χ3v) is 8.75. The highest BCUT2D eigenvalue weighted by molar-refractivity contribution is 7.85. The van der Waals surface area contributed by atoms with Crippen LogP contribution in [0.25, 0.3) is 22.2 Å². The Bertz CT molecular complexity index is 1840. The fourth-order valence-corrected chi connectivity index (χ4v) is 6.25. The number of anilines is 1. The largest absolute Gasteiger partial charge is 0.473 e. The summed E-state index contributed by atoms with van der Waals surface area (Å²) < 4.78 is 42.0. The second-order valence-corrected chi connectivity index (χ2v) is 13.1. The molecule has 0 radical (unpaired) electrons. The molecular formula is C35H38N4O5S. The van der Waals surface area contributed by atoms with E-state index in [9.17, 15) is 8.42 Å². The van der Waals surface area contributed by atoms with E-state index in [1.807, 2.05) is 84.5 Å². The fraction of sp³-hybridized carbons (Fsp3) is 0.314. The van der Waals surface area contributed by atoms with Crippen molar-refractivity contribution in [3.8, 4) is 23.0 Å². The predicted molar refractivity (Wildman–Crippen MR) is 176 cm³/mol. The second kappa shape index (κ2) is 13.7. The Morgan fingerprint density at radius 3 is 2.16 bits per heavy atom. The number of hydrogen-bond acceptors (Lipinski definition) is 8. The highest BCUT2D eigenvalue weighted by Crippen LogP contribution is 2.39. The summed E-state index contributed by atoms with van der Waals surface area (Å²) in [6.45, 7) is 2.77. The molecule has 0 saturated carbocycles. The maximum atomic E-state index is 11.3. The summed E-state index contributed by atoms with van der Waals surface area (Å²) in [5.74, 6) is 1.38. The number of pyridine rings is 1. The van der Waals surface area contributed by atoms with Crippen LogP contribution in [0.4, 0.5) is 5.69 Å². The van der Waals surface area contributed by atoms with Crippen LogP contribution in [0.1, 0.15) is 30.4 Å². The van der Waals surface area contributed by atoms with Crippen molar-refractivity contribution in [2.24, 2.45) is 13.0 Å². The van der Waals surface area contributed by atoms with Crippen molar-refractivity contribution >= 4 is 26.7 Å². The Morgan fingerprint density at radius 2 is 1.49 bits per heavy atom. The van der Waals surface area contributed by atoms with Crippen molar-refractivity contribution < 1.29 is 22.1 Å². The van der Waals surface area contributed by atoms with Crippen molar-refractivity contribution in [3.05, 3.63) is 102 Å². The molecule has 0 unspecified atom stereocenters. The van der Waals surface area contributed by atoms with Crippen LogP contribution in [0.3, 0.4) is 0 Å². The molecule has 1 aliphatic heterocycles. The van der Waals surface area contributed by atoms with Gasteiger partial charge in [-0.2, -0.15) is 18.5 Å². The van der Waals surface area contributed by atoms with E-state index in [0.29, 0.717) is 30.9 Å². The Labute approximate surface area is 264 Å². The van der Waals surface area contributed by atoms with Gasteiger partial charge in [0.25, 0.3) is 10.1 Å². The van der Waals surface area contributed by atoms with E-state index >= 15 is 0 Å². The Kier molecular flexibility index (Phi) is 9.32. The molecule has 0 atom stereocenters. The summed E-state index contributed by atoms with van der Waals surface area (Å²) in [6, 6.07) is 30.2. The maximum absolute atomic E-state index is 11.3. The summed E-state index contributed by atoms with van der Waals surface area (Å²) >= 11 is 0. The molecule has 3 heterocycles. The molecule has 45 heavy (non-hydrogen) atoms. The van der Waals surface area contributed by atoms with Gasteiger partial charge in [0.1, 0.15) is 18.9 Å². The molecule has 234 valence electrons. The van der Waals surface area contributed by atoms with Gasteiger partial charge in [-0.05, 0) is 48.4 Å². The standard InChI is InChI=1S/C35H38N4O5S/c1-38-34-29(14-9-15-31(34)39-21-18-26(19-22-39)20-23-44-45(2,40)41)33(37-38)30-16-17-32(42-24-27-10-5-3-6-11-27)36-35(30)43-25-28-12-7-4-8-13-28/h3-17,26H,18-25H2,1-2H3. The molecular weight excluding hydrogens is 588 g/mol. The van der Waals surface area contributed by atoms with Crippen LogP contribution in [0.15, 0.2) is 91.0 Å². The SMILES string of the molecule is Cn1nc(-c2ccc(OCc3ccccc3)nc2OCc2ccccc2)c2cccc(N3CCC(CCOS(C)(=O)=O)CC3)c21. The molecule has 0 bridgehead atoms. The average molecular weight is 627 g/mol. The molecule has 1 aliphatic rings. The smallest absolute Gasteiger partial charge is 0.264 e. The zero-order valence-electron chi connectivity index (χ0n) is 25.6. The van der Waals surface area contributed by atoms with Crippen LogP contribution in [0.5, 0.6) is 11.8 Å². The third-order valence-electron chi connectivity index (χ3n) is 8.16. The number of nitrogens with zero attached hydrogens (tertiary/aromatic N) is 4. The molecule has 9 nitrogen and oxygen atoms in total. The molecule has 1 fully saturated rings. The number of aromatic nitrogens is 3. The number of aryl methyl sites for hydroxylation is 1. The maximum Gasteiger partial charge on any atom is 0.264 e. The van der Waals surface area contributed by atoms with Crippen molar-refractivity contribution in [1.82, 2.24) is 14.8 Å². The van der Waals surface area contributed by atoms with E-state index in [0.717, 1.165) is 77.6 Å². The minimum absolute atomic E-state index is 0.239. The molecule has 10 heteroatoms. The molecule has 6 rings (SSSR count). The van der Waals surface area contributed by atoms with Crippen LogP contribution in [0, 0.1) is 5.92 Å². The summed E-state index contributed by atoms with van der Waals surface area (Å²) in [4.78, 5) is 7.20. The average Bonchev–Trinajstić information content (AvgIpc) is 3.39. The first kappa shape index (κ1) is 30.6. The van der Waals surface area contributed by atoms with Crippen molar-refractivity contribution in [2.45, 2.75) is 32.5 Å². The van der Waals surface area contributed by atoms with E-state index in [4.69, 9.17) is 23.7 Å². The second-order valence-electron chi connectivity index (χ2n) is 11.4. The lowest BCUT2D eigenvalue weighted by Gasteiger charge is -2.34. The number of benzene rings is 3. The topological polar surface area (TPSA) is 95.8 Å². The fourth-order valence-electron chi connectivity index (χ4n) is 5.85. The van der Waals surface area contributed by atoms with E-state index < -0.39 is 10.1 Å². The minimum Gasteiger partial charge on any atom is -0.473 e. The number of ether oxygens (including phenoxy) is 2. The number of para-hydroxylation sites is 1. The van der Waals surface area contributed by atoms with Gasteiger partial charge in [-0.1, -0.05) is 72.8 Å². The first-order chi connectivity index (χ1) is 21.8. The van der Waals surface area contributed by atoms with Gasteiger partial charge in [0.05, 0.1) is 29.6 Å². The summed E-state index contributed by atoms with van der Waals surface area (Å²) in [6.07, 6.45) is 3.78. The van der Waals surface area contributed by atoms with Gasteiger partial charge in [0, 0.05) is 31.6 Å². The molecule has 0 spiro atoms. The van der Waals surface area contributed by atoms with E-state index in [2.05, 4.69) is 23.1 Å². The van der Waals surface area contributed by atoms with Gasteiger partial charge in [0.15, 0.2) is 0 Å². The quantitative estimate of drug-likeness (QED) is 0.147. The molecule has 1 saturated heterocycles. The van der Waals surface area contributed by atoms with Gasteiger partial charge in [-0.25, -0.2) is 0 Å². The van der Waals surface area contributed by atoms with Crippen LogP contribution in [0.2, 0.25) is 0 Å². The molecule has 5 aromatic rings. The number of fused-ring (bicyclic) bond motifs is 1. The number of piperidine rings is 1. The lowest BCUT2D eigenvalue weighted by Crippen LogP contribution is -2.34. The first-order valence-electron chi connectivity index (χ1n) is 15.2. The molecule has 0 amide bonds. The lowest BCUT2D eigenvalue weighted by molar-refractivity contribution is 0.264. The summed E-state index contributed by atoms with van der Waals surface area (Å²) in [5, 5.41) is 6.01.